The van der Waals surface area contributed by atoms with Gasteiger partial charge in [-0.15, -0.1) is 0 Å². The first-order valence-electron chi connectivity index (χ1n) is 11.6. The second-order valence-electron chi connectivity index (χ2n) is 7.91. The lowest BCUT2D eigenvalue weighted by Gasteiger charge is -2.49. The molecule has 2 aromatic rings. The Morgan fingerprint density at radius 2 is 2.13 bits per heavy atom. The number of aromatic nitrogens is 2. The molecule has 0 unspecified atom stereocenters. The number of halogens is 1. The number of anilines is 2. The quantitative estimate of drug-likeness (QED) is 0.721. The molecule has 0 amide bonds. The lowest BCUT2D eigenvalue weighted by atomic mass is 9.85. The van der Waals surface area contributed by atoms with Gasteiger partial charge >= 0.3 is 0 Å². The molecule has 0 saturated carbocycles. The van der Waals surface area contributed by atoms with Crippen molar-refractivity contribution in [1.82, 2.24) is 9.97 Å². The first-order valence-corrected chi connectivity index (χ1v) is 11.4. The van der Waals surface area contributed by atoms with Crippen LogP contribution in [0.2, 0.25) is 0 Å². The summed E-state index contributed by atoms with van der Waals surface area (Å²) in [5.41, 5.74) is -0.413. The van der Waals surface area contributed by atoms with E-state index in [0.717, 1.165) is 18.5 Å². The summed E-state index contributed by atoms with van der Waals surface area (Å²) in [6, 6.07) is 6.21. The average molecular weight is 436 g/mol. The summed E-state index contributed by atoms with van der Waals surface area (Å²) in [6.45, 7) is 1.49. The Bertz CT molecular complexity index is 1030. The van der Waals surface area contributed by atoms with Crippen LogP contribution < -0.4 is 10.2 Å². The molecule has 9 heteroatoms. The Hall–Kier alpha value is -1.94. The molecular formula is C21H25FN4O3S. The van der Waals surface area contributed by atoms with E-state index < -0.39 is 29.6 Å². The molecule has 2 fully saturated rings. The van der Waals surface area contributed by atoms with Gasteiger partial charge in [-0.3, -0.25) is 0 Å². The summed E-state index contributed by atoms with van der Waals surface area (Å²) in [7, 11) is -2.69. The fraction of sp³-hybridized carbons (Fsp3) is 0.524. The Balaban J connectivity index is 1.44. The maximum absolute atomic E-state index is 14.6. The fourth-order valence-corrected chi connectivity index (χ4v) is 5.60. The first-order chi connectivity index (χ1) is 15.7. The Kier molecular flexibility index (Phi) is 4.43. The Morgan fingerprint density at radius 3 is 2.90 bits per heavy atom. The van der Waals surface area contributed by atoms with Crippen LogP contribution in [0.4, 0.5) is 16.2 Å². The SMILES string of the molecule is [2H]C([2H])([2H])OC1(c2ccccc2F)CN(c2nc3c(c(NC4CCOCC4)n2)[S@+]([O-])CC3)C1. The third-order valence-corrected chi connectivity index (χ3v) is 7.43. The lowest BCUT2D eigenvalue weighted by Crippen LogP contribution is -2.61. The van der Waals surface area contributed by atoms with Gasteiger partial charge in [0.05, 0.1) is 17.2 Å². The smallest absolute Gasteiger partial charge is 0.228 e. The zero-order chi connectivity index (χ0) is 23.2. The topological polar surface area (TPSA) is 82.6 Å². The van der Waals surface area contributed by atoms with Gasteiger partial charge in [-0.2, -0.15) is 4.98 Å². The minimum atomic E-state index is -2.69. The molecule has 3 aliphatic heterocycles. The van der Waals surface area contributed by atoms with E-state index in [1.165, 1.54) is 6.07 Å². The van der Waals surface area contributed by atoms with Crippen LogP contribution in [0.1, 0.15) is 28.2 Å². The minimum Gasteiger partial charge on any atom is -0.611 e. The third-order valence-electron chi connectivity index (χ3n) is 5.97. The van der Waals surface area contributed by atoms with Crippen LogP contribution in [0.25, 0.3) is 0 Å². The second kappa shape index (κ2) is 7.96. The summed E-state index contributed by atoms with van der Waals surface area (Å²) in [4.78, 5) is 11.7. The molecule has 0 bridgehead atoms. The van der Waals surface area contributed by atoms with Gasteiger partial charge in [0.15, 0.2) is 5.82 Å². The highest BCUT2D eigenvalue weighted by Gasteiger charge is 2.48. The number of methoxy groups -OCH3 is 1. The molecule has 30 heavy (non-hydrogen) atoms. The molecule has 0 aliphatic carbocycles. The molecule has 3 aliphatic rings. The number of nitrogens with one attached hydrogen (secondary N) is 1. The summed E-state index contributed by atoms with van der Waals surface area (Å²) in [5, 5.41) is 3.42. The van der Waals surface area contributed by atoms with E-state index in [1.807, 2.05) is 0 Å². The number of benzene rings is 1. The van der Waals surface area contributed by atoms with Crippen molar-refractivity contribution in [3.63, 3.8) is 0 Å². The summed E-state index contributed by atoms with van der Waals surface area (Å²) < 4.78 is 60.8. The molecule has 5 rings (SSSR count). The van der Waals surface area contributed by atoms with Crippen LogP contribution in [-0.2, 0) is 32.7 Å². The van der Waals surface area contributed by atoms with Crippen LogP contribution in [0.15, 0.2) is 29.2 Å². The number of ether oxygens (including phenoxy) is 2. The van der Waals surface area contributed by atoms with E-state index >= 15 is 0 Å². The zero-order valence-electron chi connectivity index (χ0n) is 19.4. The average Bonchev–Trinajstić information content (AvgIpc) is 3.12. The highest BCUT2D eigenvalue weighted by Crippen LogP contribution is 2.40. The Morgan fingerprint density at radius 1 is 1.33 bits per heavy atom. The highest BCUT2D eigenvalue weighted by molar-refractivity contribution is 7.91. The van der Waals surface area contributed by atoms with Crippen molar-refractivity contribution in [3.8, 4) is 0 Å². The number of rotatable bonds is 5. The molecule has 0 radical (unpaired) electrons. The number of nitrogens with zero attached hydrogens (tertiary/aromatic N) is 3. The standard InChI is InChI=1S/C21H25FN4O3S/c1-28-21(15-4-2-3-5-16(15)22)12-26(13-21)20-24-17-8-11-30(27)18(17)19(25-20)23-14-6-9-29-10-7-14/h2-5,14H,6-13H2,1H3,(H,23,24,25)/t30-/m1/s1/i1D3. The maximum Gasteiger partial charge on any atom is 0.228 e. The van der Waals surface area contributed by atoms with Crippen LogP contribution >= 0.6 is 0 Å². The lowest BCUT2D eigenvalue weighted by molar-refractivity contribution is -0.0415. The van der Waals surface area contributed by atoms with E-state index in [4.69, 9.17) is 13.6 Å². The molecule has 1 aromatic heterocycles. The summed E-state index contributed by atoms with van der Waals surface area (Å²) in [5.74, 6) is 0.923. The predicted octanol–water partition coefficient (Wildman–Crippen LogP) is 2.23. The molecule has 1 aromatic carbocycles. The van der Waals surface area contributed by atoms with E-state index in [0.29, 0.717) is 42.0 Å². The molecular weight excluding hydrogens is 407 g/mol. The molecule has 1 atom stereocenters. The largest absolute Gasteiger partial charge is 0.611 e. The van der Waals surface area contributed by atoms with Gasteiger partial charge in [0.25, 0.3) is 0 Å². The van der Waals surface area contributed by atoms with Gasteiger partial charge in [-0.1, -0.05) is 18.2 Å². The summed E-state index contributed by atoms with van der Waals surface area (Å²) >= 11 is -1.17. The minimum absolute atomic E-state index is 0.0882. The van der Waals surface area contributed by atoms with Gasteiger partial charge in [-0.05, 0) is 30.1 Å². The van der Waals surface area contributed by atoms with Crippen molar-refractivity contribution in [2.24, 2.45) is 0 Å². The van der Waals surface area contributed by atoms with E-state index in [2.05, 4.69) is 15.3 Å². The molecule has 0 spiro atoms. The normalized spacial score (nSPS) is 25.1. The third kappa shape index (κ3) is 3.43. The van der Waals surface area contributed by atoms with Crippen LogP contribution in [-0.4, -0.2) is 59.7 Å². The summed E-state index contributed by atoms with van der Waals surface area (Å²) in [6.07, 6.45) is 2.23. The van der Waals surface area contributed by atoms with Crippen molar-refractivity contribution in [2.75, 3.05) is 49.3 Å². The van der Waals surface area contributed by atoms with Crippen molar-refractivity contribution in [1.29, 1.82) is 0 Å². The van der Waals surface area contributed by atoms with Crippen molar-refractivity contribution >= 4 is 22.9 Å². The molecule has 1 N–H and O–H groups in total. The number of aryl methyl sites for hydroxylation is 1. The van der Waals surface area contributed by atoms with E-state index in [-0.39, 0.29) is 24.7 Å². The zero-order valence-corrected chi connectivity index (χ0v) is 17.2. The van der Waals surface area contributed by atoms with Crippen LogP contribution in [0.3, 0.4) is 0 Å². The van der Waals surface area contributed by atoms with Crippen LogP contribution in [0, 0.1) is 5.82 Å². The maximum atomic E-state index is 14.6. The highest BCUT2D eigenvalue weighted by atomic mass is 32.2. The van der Waals surface area contributed by atoms with E-state index in [9.17, 15) is 8.94 Å². The van der Waals surface area contributed by atoms with Gasteiger partial charge < -0.3 is 24.2 Å². The first kappa shape index (κ1) is 16.7. The van der Waals surface area contributed by atoms with E-state index in [1.54, 1.807) is 23.1 Å². The van der Waals surface area contributed by atoms with Gasteiger partial charge in [0.2, 0.25) is 10.8 Å². The number of hydrogen-bond acceptors (Lipinski definition) is 7. The van der Waals surface area contributed by atoms with Crippen molar-refractivity contribution in [2.45, 2.75) is 35.8 Å². The predicted molar refractivity (Wildman–Crippen MR) is 112 cm³/mol. The van der Waals surface area contributed by atoms with Crippen molar-refractivity contribution in [3.05, 3.63) is 41.3 Å². The monoisotopic (exact) mass is 435 g/mol. The Labute approximate surface area is 182 Å². The van der Waals surface area contributed by atoms with Crippen LogP contribution in [0.5, 0.6) is 0 Å². The van der Waals surface area contributed by atoms with Gasteiger partial charge in [-0.25, -0.2) is 9.37 Å². The van der Waals surface area contributed by atoms with Crippen molar-refractivity contribution < 1.29 is 22.5 Å². The molecule has 2 saturated heterocycles. The number of hydrogen-bond donors (Lipinski definition) is 1. The van der Waals surface area contributed by atoms with Gasteiger partial charge in [0.1, 0.15) is 22.9 Å². The second-order valence-corrected chi connectivity index (χ2v) is 9.42. The number of fused-ring (bicyclic) bond motifs is 1. The van der Waals surface area contributed by atoms with Gasteiger partial charge in [0, 0.05) is 38.3 Å². The molecule has 4 heterocycles. The molecule has 7 nitrogen and oxygen atoms in total. The molecule has 160 valence electrons. The fourth-order valence-electron chi connectivity index (χ4n) is 4.29.